The summed E-state index contributed by atoms with van der Waals surface area (Å²) in [7, 11) is 3.04. The number of hydrogen-bond acceptors (Lipinski definition) is 7. The van der Waals surface area contributed by atoms with E-state index >= 15 is 0 Å². The first-order valence-electron chi connectivity index (χ1n) is 8.88. The van der Waals surface area contributed by atoms with Gasteiger partial charge in [-0.2, -0.15) is 0 Å². The van der Waals surface area contributed by atoms with Gasteiger partial charge >= 0.3 is 0 Å². The summed E-state index contributed by atoms with van der Waals surface area (Å²) in [6.07, 6.45) is 1.39. The van der Waals surface area contributed by atoms with Crippen LogP contribution in [-0.4, -0.2) is 43.6 Å². The summed E-state index contributed by atoms with van der Waals surface area (Å²) in [5.74, 6) is 0.291. The van der Waals surface area contributed by atoms with Gasteiger partial charge in [0.25, 0.3) is 5.91 Å². The number of carbonyl (C=O) groups excluding carboxylic acids is 2. The van der Waals surface area contributed by atoms with E-state index < -0.39 is 29.9 Å². The van der Waals surface area contributed by atoms with Gasteiger partial charge in [-0.15, -0.1) is 0 Å². The Balaban J connectivity index is 1.82. The molecule has 3 rings (SSSR count). The summed E-state index contributed by atoms with van der Waals surface area (Å²) in [6.45, 7) is 1.34. The maximum absolute atomic E-state index is 12.8. The number of nitrogens with two attached hydrogens (primary N) is 1. The molecule has 0 saturated carbocycles. The Morgan fingerprint density at radius 2 is 1.79 bits per heavy atom. The highest BCUT2D eigenvalue weighted by atomic mass is 16.5. The highest BCUT2D eigenvalue weighted by Crippen LogP contribution is 2.34. The van der Waals surface area contributed by atoms with Gasteiger partial charge in [0.05, 0.1) is 14.2 Å². The molecule has 1 atom stereocenters. The summed E-state index contributed by atoms with van der Waals surface area (Å²) < 4.78 is 21.0. The topological polar surface area (TPSA) is 121 Å². The smallest absolute Gasteiger partial charge is 0.261 e. The Hall–Kier alpha value is -3.49. The van der Waals surface area contributed by atoms with Crippen molar-refractivity contribution in [1.29, 1.82) is 0 Å². The van der Waals surface area contributed by atoms with Crippen LogP contribution in [0.1, 0.15) is 16.9 Å². The number of benzene rings is 1. The van der Waals surface area contributed by atoms with Crippen LogP contribution in [0.25, 0.3) is 0 Å². The Morgan fingerprint density at radius 3 is 2.38 bits per heavy atom. The van der Waals surface area contributed by atoms with Crippen LogP contribution in [-0.2, 0) is 22.6 Å². The molecule has 2 amide bonds. The molecule has 9 heteroatoms. The second-order valence-electron chi connectivity index (χ2n) is 6.63. The lowest BCUT2D eigenvalue weighted by Gasteiger charge is -2.35. The number of rotatable bonds is 6. The van der Waals surface area contributed by atoms with Crippen molar-refractivity contribution in [2.24, 2.45) is 5.73 Å². The van der Waals surface area contributed by atoms with E-state index in [2.05, 4.69) is 0 Å². The number of hydrogen-bond donors (Lipinski definition) is 1. The fourth-order valence-electron chi connectivity index (χ4n) is 3.25. The zero-order valence-corrected chi connectivity index (χ0v) is 16.4. The van der Waals surface area contributed by atoms with Crippen molar-refractivity contribution >= 4 is 11.8 Å². The maximum Gasteiger partial charge on any atom is 0.261 e. The molecule has 2 heterocycles. The maximum atomic E-state index is 12.8. The molecule has 0 unspecified atom stereocenters. The first-order valence-corrected chi connectivity index (χ1v) is 8.88. The number of nitrogens with zero attached hydrogens (tertiary/aromatic N) is 1. The predicted octanol–water partition coefficient (Wildman–Crippen LogP) is 0.783. The molecule has 2 aromatic rings. The molecule has 154 valence electrons. The first-order chi connectivity index (χ1) is 13.8. The number of fused-ring (bicyclic) bond motifs is 1. The average Bonchev–Trinajstić information content (AvgIpc) is 2.70. The van der Waals surface area contributed by atoms with E-state index in [0.717, 1.165) is 17.4 Å². The first kappa shape index (κ1) is 20.2. The van der Waals surface area contributed by atoms with Crippen molar-refractivity contribution in [3.8, 4) is 17.2 Å². The van der Waals surface area contributed by atoms with Crippen LogP contribution < -0.4 is 25.4 Å². The Morgan fingerprint density at radius 1 is 1.14 bits per heavy atom. The van der Waals surface area contributed by atoms with Crippen molar-refractivity contribution in [2.45, 2.75) is 25.9 Å². The molecule has 0 fully saturated rings. The summed E-state index contributed by atoms with van der Waals surface area (Å²) in [5, 5.41) is 0. The third kappa shape index (κ3) is 4.18. The molecule has 1 aliphatic rings. The third-order valence-corrected chi connectivity index (χ3v) is 4.76. The minimum Gasteiger partial charge on any atom is -0.493 e. The number of methoxy groups -OCH3 is 2. The molecule has 0 radical (unpaired) electrons. The van der Waals surface area contributed by atoms with Gasteiger partial charge in [0.1, 0.15) is 18.1 Å². The number of ether oxygens (including phenoxy) is 3. The largest absolute Gasteiger partial charge is 0.493 e. The molecule has 1 aromatic carbocycles. The van der Waals surface area contributed by atoms with E-state index in [1.54, 1.807) is 19.1 Å². The van der Waals surface area contributed by atoms with Gasteiger partial charge in [0.2, 0.25) is 17.1 Å². The van der Waals surface area contributed by atoms with Gasteiger partial charge < -0.3 is 29.3 Å². The number of carbonyl (C=O) groups is 2. The van der Waals surface area contributed by atoms with Crippen LogP contribution >= 0.6 is 0 Å². The fourth-order valence-corrected chi connectivity index (χ4v) is 3.25. The summed E-state index contributed by atoms with van der Waals surface area (Å²) >= 11 is 0. The number of aryl methyl sites for hydroxylation is 1. The zero-order chi connectivity index (χ0) is 21.1. The molecule has 0 aliphatic carbocycles. The van der Waals surface area contributed by atoms with Crippen molar-refractivity contribution in [2.75, 3.05) is 20.8 Å². The monoisotopic (exact) mass is 402 g/mol. The van der Waals surface area contributed by atoms with E-state index in [1.807, 2.05) is 0 Å². The highest BCUT2D eigenvalue weighted by Gasteiger charge is 2.34. The molecule has 1 aromatic heterocycles. The molecular weight excluding hydrogens is 380 g/mol. The second-order valence-corrected chi connectivity index (χ2v) is 6.63. The number of amides is 2. The van der Waals surface area contributed by atoms with Crippen LogP contribution in [0.2, 0.25) is 0 Å². The van der Waals surface area contributed by atoms with Gasteiger partial charge in [-0.25, -0.2) is 0 Å². The fraction of sp³-hybridized carbons (Fsp3) is 0.350. The molecular formula is C20H22N2O7. The van der Waals surface area contributed by atoms with Gasteiger partial charge in [0.15, 0.2) is 18.1 Å². The average molecular weight is 402 g/mol. The van der Waals surface area contributed by atoms with Crippen LogP contribution in [0.3, 0.4) is 0 Å². The molecule has 0 saturated heterocycles. The van der Waals surface area contributed by atoms with Crippen molar-refractivity contribution in [3.05, 3.63) is 51.6 Å². The van der Waals surface area contributed by atoms with E-state index in [0.29, 0.717) is 17.3 Å². The molecule has 29 heavy (non-hydrogen) atoms. The lowest BCUT2D eigenvalue weighted by molar-refractivity contribution is -0.142. The Labute approximate surface area is 166 Å². The SMILES string of the molecule is COc1cc2c(cc1OC)CN(C(=O)COc1coc(C)cc1=O)[C@H](C(N)=O)C2. The van der Waals surface area contributed by atoms with Crippen LogP contribution in [0.15, 0.2) is 33.7 Å². The summed E-state index contributed by atoms with van der Waals surface area (Å²) in [5.41, 5.74) is 6.79. The van der Waals surface area contributed by atoms with Crippen molar-refractivity contribution in [3.63, 3.8) is 0 Å². The molecule has 0 spiro atoms. The van der Waals surface area contributed by atoms with Crippen LogP contribution in [0, 0.1) is 6.92 Å². The molecule has 1 aliphatic heterocycles. The zero-order valence-electron chi connectivity index (χ0n) is 16.4. The third-order valence-electron chi connectivity index (χ3n) is 4.76. The van der Waals surface area contributed by atoms with Crippen LogP contribution in [0.5, 0.6) is 17.2 Å². The summed E-state index contributed by atoms with van der Waals surface area (Å²) in [4.78, 5) is 38.0. The normalized spacial score (nSPS) is 15.4. The number of primary amides is 1. The van der Waals surface area contributed by atoms with E-state index in [4.69, 9.17) is 24.4 Å². The lowest BCUT2D eigenvalue weighted by Crippen LogP contribution is -2.52. The molecule has 9 nitrogen and oxygen atoms in total. The van der Waals surface area contributed by atoms with Crippen molar-refractivity contribution in [1.82, 2.24) is 4.90 Å². The van der Waals surface area contributed by atoms with Gasteiger partial charge in [-0.05, 0) is 30.2 Å². The quantitative estimate of drug-likeness (QED) is 0.758. The standard InChI is InChI=1S/C20H22N2O7/c1-11-4-15(23)18(9-28-11)29-10-19(24)22-8-13-7-17(27-3)16(26-2)6-12(13)5-14(22)20(21)25/h4,6-7,9,14H,5,8,10H2,1-3H3,(H2,21,25)/t14-/m0/s1. The van der Waals surface area contributed by atoms with Crippen LogP contribution in [0.4, 0.5) is 0 Å². The lowest BCUT2D eigenvalue weighted by atomic mass is 9.92. The molecule has 2 N–H and O–H groups in total. The Bertz CT molecular complexity index is 999. The highest BCUT2D eigenvalue weighted by molar-refractivity contribution is 5.88. The van der Waals surface area contributed by atoms with E-state index in [1.165, 1.54) is 25.2 Å². The van der Waals surface area contributed by atoms with Gasteiger partial charge in [0, 0.05) is 19.0 Å². The van der Waals surface area contributed by atoms with E-state index in [9.17, 15) is 14.4 Å². The predicted molar refractivity (Wildman–Crippen MR) is 102 cm³/mol. The van der Waals surface area contributed by atoms with Gasteiger partial charge in [-0.1, -0.05) is 0 Å². The van der Waals surface area contributed by atoms with Crippen molar-refractivity contribution < 1.29 is 28.2 Å². The summed E-state index contributed by atoms with van der Waals surface area (Å²) in [6, 6.07) is 3.97. The molecule has 0 bridgehead atoms. The van der Waals surface area contributed by atoms with E-state index in [-0.39, 0.29) is 18.7 Å². The second kappa shape index (κ2) is 8.26. The minimum absolute atomic E-state index is 0.0802. The van der Waals surface area contributed by atoms with Gasteiger partial charge in [-0.3, -0.25) is 14.4 Å². The Kier molecular flexibility index (Phi) is 5.76. The minimum atomic E-state index is -0.842.